The molecule has 0 amide bonds. The molecule has 1 aromatic carbocycles. The van der Waals surface area contributed by atoms with Crippen LogP contribution in [0.5, 0.6) is 0 Å². The maximum absolute atomic E-state index is 14.1. The minimum absolute atomic E-state index is 0.0716. The quantitative estimate of drug-likeness (QED) is 0.626. The molecular formula is C20H15ClF2N2O. The lowest BCUT2D eigenvalue weighted by molar-refractivity contribution is 0.0945. The fourth-order valence-electron chi connectivity index (χ4n) is 3.61. The Morgan fingerprint density at radius 2 is 1.96 bits per heavy atom. The predicted molar refractivity (Wildman–Crippen MR) is 95.5 cm³/mol. The first-order valence-electron chi connectivity index (χ1n) is 8.28. The Hall–Kier alpha value is -2.53. The molecule has 1 unspecified atom stereocenters. The van der Waals surface area contributed by atoms with E-state index in [0.717, 1.165) is 11.1 Å². The maximum atomic E-state index is 14.1. The van der Waals surface area contributed by atoms with Gasteiger partial charge in [0, 0.05) is 23.4 Å². The van der Waals surface area contributed by atoms with E-state index >= 15 is 0 Å². The highest BCUT2D eigenvalue weighted by molar-refractivity contribution is 6.29. The van der Waals surface area contributed by atoms with Gasteiger partial charge in [-0.15, -0.1) is 0 Å². The monoisotopic (exact) mass is 372 g/mol. The lowest BCUT2D eigenvalue weighted by atomic mass is 9.81. The fraction of sp³-hybridized carbons (Fsp3) is 0.200. The van der Waals surface area contributed by atoms with Crippen molar-refractivity contribution in [1.82, 2.24) is 9.97 Å². The molecule has 1 aliphatic rings. The summed E-state index contributed by atoms with van der Waals surface area (Å²) in [5.41, 5.74) is 3.07. The van der Waals surface area contributed by atoms with Gasteiger partial charge in [0.2, 0.25) is 0 Å². The molecule has 26 heavy (non-hydrogen) atoms. The van der Waals surface area contributed by atoms with Crippen molar-refractivity contribution in [3.8, 4) is 11.3 Å². The van der Waals surface area contributed by atoms with E-state index in [1.807, 2.05) is 6.92 Å². The number of Topliss-reactive ketones (excluding diaryl/α,β-unsaturated/α-hetero) is 1. The lowest BCUT2D eigenvalue weighted by Gasteiger charge is -2.22. The van der Waals surface area contributed by atoms with Crippen LogP contribution in [0.4, 0.5) is 8.78 Å². The Kier molecular flexibility index (Phi) is 4.11. The minimum Gasteiger partial charge on any atom is -0.358 e. The number of pyridine rings is 1. The number of benzene rings is 1. The number of nitrogens with zero attached hydrogens (tertiary/aromatic N) is 1. The van der Waals surface area contributed by atoms with Gasteiger partial charge in [0.25, 0.3) is 0 Å². The number of aromatic nitrogens is 2. The summed E-state index contributed by atoms with van der Waals surface area (Å²) in [5, 5.41) is 0.383. The van der Waals surface area contributed by atoms with Gasteiger partial charge in [-0.25, -0.2) is 13.8 Å². The molecule has 1 aliphatic carbocycles. The van der Waals surface area contributed by atoms with Crippen molar-refractivity contribution < 1.29 is 13.6 Å². The molecule has 0 radical (unpaired) electrons. The van der Waals surface area contributed by atoms with Crippen LogP contribution in [0.15, 0.2) is 36.5 Å². The Morgan fingerprint density at radius 1 is 1.23 bits per heavy atom. The fourth-order valence-corrected chi connectivity index (χ4v) is 3.82. The van der Waals surface area contributed by atoms with Crippen LogP contribution in [0, 0.1) is 18.6 Å². The molecule has 2 heterocycles. The number of hydrogen-bond acceptors (Lipinski definition) is 2. The van der Waals surface area contributed by atoms with Gasteiger partial charge in [-0.2, -0.15) is 0 Å². The van der Waals surface area contributed by atoms with Crippen LogP contribution >= 0.6 is 11.6 Å². The van der Waals surface area contributed by atoms with Gasteiger partial charge in [0.1, 0.15) is 16.8 Å². The zero-order chi connectivity index (χ0) is 18.4. The van der Waals surface area contributed by atoms with Crippen LogP contribution in [0.1, 0.15) is 39.5 Å². The second-order valence-corrected chi connectivity index (χ2v) is 6.88. The summed E-state index contributed by atoms with van der Waals surface area (Å²) in [6.45, 7) is 1.89. The summed E-state index contributed by atoms with van der Waals surface area (Å²) in [6, 6.07) is 6.99. The van der Waals surface area contributed by atoms with Crippen molar-refractivity contribution in [2.75, 3.05) is 0 Å². The maximum Gasteiger partial charge on any atom is 0.172 e. The number of nitrogens with one attached hydrogen (secondary N) is 1. The molecule has 4 rings (SSSR count). The number of aryl methyl sites for hydroxylation is 2. The van der Waals surface area contributed by atoms with E-state index in [9.17, 15) is 13.6 Å². The molecule has 6 heteroatoms. The Labute approximate surface area is 154 Å². The first kappa shape index (κ1) is 16.9. The number of carbonyl (C=O) groups is 1. The van der Waals surface area contributed by atoms with Crippen LogP contribution in [0.25, 0.3) is 11.3 Å². The van der Waals surface area contributed by atoms with Crippen LogP contribution in [0.3, 0.4) is 0 Å². The third-order valence-corrected chi connectivity index (χ3v) is 5.10. The van der Waals surface area contributed by atoms with Crippen molar-refractivity contribution in [2.24, 2.45) is 0 Å². The number of rotatable bonds is 2. The Morgan fingerprint density at radius 3 is 2.65 bits per heavy atom. The summed E-state index contributed by atoms with van der Waals surface area (Å²) >= 11 is 5.90. The smallest absolute Gasteiger partial charge is 0.172 e. The number of ketones is 1. The molecule has 0 spiro atoms. The van der Waals surface area contributed by atoms with E-state index in [1.165, 1.54) is 18.2 Å². The molecule has 1 N–H and O–H groups in total. The second-order valence-electron chi connectivity index (χ2n) is 6.49. The van der Waals surface area contributed by atoms with Crippen molar-refractivity contribution in [1.29, 1.82) is 0 Å². The number of fused-ring (bicyclic) bond motifs is 1. The summed E-state index contributed by atoms with van der Waals surface area (Å²) in [6.07, 6.45) is 2.86. The van der Waals surface area contributed by atoms with Gasteiger partial charge >= 0.3 is 0 Å². The van der Waals surface area contributed by atoms with Crippen molar-refractivity contribution in [3.63, 3.8) is 0 Å². The number of halogens is 3. The molecule has 0 aliphatic heterocycles. The van der Waals surface area contributed by atoms with E-state index < -0.39 is 11.6 Å². The summed E-state index contributed by atoms with van der Waals surface area (Å²) in [5.74, 6) is -1.73. The van der Waals surface area contributed by atoms with E-state index in [0.29, 0.717) is 29.3 Å². The standard InChI is InChI=1S/C20H15ClF2N2O/c1-10-7-18(21)24-9-13(10)11-5-6-16-12(20(11)26)8-17(25-16)19-14(22)3-2-4-15(19)23/h2-4,7-9,11,25H,5-6H2,1H3. The van der Waals surface area contributed by atoms with E-state index in [2.05, 4.69) is 9.97 Å². The van der Waals surface area contributed by atoms with Gasteiger partial charge in [0.15, 0.2) is 5.78 Å². The number of carbonyl (C=O) groups excluding carboxylic acids is 1. The largest absolute Gasteiger partial charge is 0.358 e. The molecule has 0 fully saturated rings. The Balaban J connectivity index is 1.75. The zero-order valence-corrected chi connectivity index (χ0v) is 14.7. The predicted octanol–water partition coefficient (Wildman–Crippen LogP) is 5.23. The highest BCUT2D eigenvalue weighted by Crippen LogP contribution is 2.37. The van der Waals surface area contributed by atoms with Gasteiger partial charge in [-0.3, -0.25) is 4.79 Å². The Bertz CT molecular complexity index is 1010. The zero-order valence-electron chi connectivity index (χ0n) is 13.9. The van der Waals surface area contributed by atoms with Gasteiger partial charge < -0.3 is 4.98 Å². The molecule has 3 aromatic rings. The normalized spacial score (nSPS) is 16.6. The number of aromatic amines is 1. The minimum atomic E-state index is -0.662. The first-order valence-corrected chi connectivity index (χ1v) is 8.66. The van der Waals surface area contributed by atoms with Crippen molar-refractivity contribution >= 4 is 17.4 Å². The molecular weight excluding hydrogens is 358 g/mol. The number of hydrogen-bond donors (Lipinski definition) is 1. The third-order valence-electron chi connectivity index (χ3n) is 4.89. The SMILES string of the molecule is Cc1cc(Cl)ncc1C1CCc2[nH]c(-c3c(F)cccc3F)cc2C1=O. The molecule has 0 saturated carbocycles. The van der Waals surface area contributed by atoms with Crippen molar-refractivity contribution in [2.45, 2.75) is 25.7 Å². The number of H-pyrrole nitrogens is 1. The third kappa shape index (κ3) is 2.72. The molecule has 0 bridgehead atoms. The lowest BCUT2D eigenvalue weighted by Crippen LogP contribution is -2.21. The summed E-state index contributed by atoms with van der Waals surface area (Å²) in [4.78, 5) is 20.1. The van der Waals surface area contributed by atoms with E-state index in [-0.39, 0.29) is 23.0 Å². The first-order chi connectivity index (χ1) is 12.5. The van der Waals surface area contributed by atoms with Crippen LogP contribution in [-0.2, 0) is 6.42 Å². The van der Waals surface area contributed by atoms with E-state index in [1.54, 1.807) is 18.3 Å². The van der Waals surface area contributed by atoms with Gasteiger partial charge in [0.05, 0.1) is 11.3 Å². The summed E-state index contributed by atoms with van der Waals surface area (Å²) < 4.78 is 28.1. The van der Waals surface area contributed by atoms with Crippen LogP contribution < -0.4 is 0 Å². The molecule has 2 aromatic heterocycles. The molecule has 1 atom stereocenters. The molecule has 0 saturated heterocycles. The average molecular weight is 373 g/mol. The van der Waals surface area contributed by atoms with E-state index in [4.69, 9.17) is 11.6 Å². The van der Waals surface area contributed by atoms with Crippen LogP contribution in [0.2, 0.25) is 5.15 Å². The van der Waals surface area contributed by atoms with Gasteiger partial charge in [-0.1, -0.05) is 17.7 Å². The molecule has 3 nitrogen and oxygen atoms in total. The highest BCUT2D eigenvalue weighted by Gasteiger charge is 2.32. The topological polar surface area (TPSA) is 45.8 Å². The second kappa shape index (κ2) is 6.32. The average Bonchev–Trinajstić information content (AvgIpc) is 3.00. The molecule has 132 valence electrons. The summed E-state index contributed by atoms with van der Waals surface area (Å²) in [7, 11) is 0. The van der Waals surface area contributed by atoms with Gasteiger partial charge in [-0.05, 0) is 55.2 Å². The van der Waals surface area contributed by atoms with Crippen molar-refractivity contribution in [3.05, 3.63) is 75.7 Å². The van der Waals surface area contributed by atoms with Crippen LogP contribution in [-0.4, -0.2) is 15.8 Å². The highest BCUT2D eigenvalue weighted by atomic mass is 35.5.